The Kier molecular flexibility index (Phi) is 5.06. The van der Waals surface area contributed by atoms with E-state index < -0.39 is 0 Å². The van der Waals surface area contributed by atoms with Crippen LogP contribution in [0.5, 0.6) is 0 Å². The van der Waals surface area contributed by atoms with Crippen molar-refractivity contribution in [2.75, 3.05) is 23.4 Å². The van der Waals surface area contributed by atoms with E-state index in [4.69, 9.17) is 5.26 Å². The number of benzene rings is 1. The van der Waals surface area contributed by atoms with Gasteiger partial charge in [-0.25, -0.2) is 0 Å². The van der Waals surface area contributed by atoms with Gasteiger partial charge in [0.15, 0.2) is 0 Å². The maximum absolute atomic E-state index is 8.78. The first-order valence-electron chi connectivity index (χ1n) is 5.10. The number of thioether (sulfide) groups is 1. The lowest BCUT2D eigenvalue weighted by molar-refractivity contribution is 1.21. The molecular weight excluding hydrogens is 204 g/mol. The maximum Gasteiger partial charge on any atom is 0.0992 e. The number of hydrogen-bond donors (Lipinski definition) is 1. The van der Waals surface area contributed by atoms with Crippen LogP contribution in [0, 0.1) is 18.3 Å². The van der Waals surface area contributed by atoms with Crippen LogP contribution in [0.4, 0.5) is 5.69 Å². The molecule has 1 rings (SSSR count). The lowest BCUT2D eigenvalue weighted by atomic mass is 10.1. The highest BCUT2D eigenvalue weighted by molar-refractivity contribution is 7.99. The molecule has 0 aliphatic heterocycles. The van der Waals surface area contributed by atoms with Crippen LogP contribution in [0.1, 0.15) is 18.1 Å². The van der Waals surface area contributed by atoms with Crippen molar-refractivity contribution < 1.29 is 0 Å². The minimum absolute atomic E-state index is 0.714. The number of nitriles is 1. The van der Waals surface area contributed by atoms with E-state index in [0.29, 0.717) is 5.56 Å². The lowest BCUT2D eigenvalue weighted by Crippen LogP contribution is -2.05. The first-order valence-corrected chi connectivity index (χ1v) is 6.25. The third-order valence-corrected chi connectivity index (χ3v) is 3.03. The summed E-state index contributed by atoms with van der Waals surface area (Å²) in [5.74, 6) is 2.26. The van der Waals surface area contributed by atoms with Gasteiger partial charge in [0.05, 0.1) is 11.6 Å². The smallest absolute Gasteiger partial charge is 0.0992 e. The molecular formula is C12H16N2S. The van der Waals surface area contributed by atoms with Gasteiger partial charge < -0.3 is 5.32 Å². The zero-order valence-corrected chi connectivity index (χ0v) is 10.0. The molecule has 0 amide bonds. The van der Waals surface area contributed by atoms with Crippen molar-refractivity contribution in [2.24, 2.45) is 0 Å². The Morgan fingerprint density at radius 3 is 2.93 bits per heavy atom. The standard InChI is InChI=1S/C12H16N2S/c1-3-15-7-6-14-12-8-11(9-13)5-4-10(12)2/h4-5,8,14H,3,6-7H2,1-2H3. The lowest BCUT2D eigenvalue weighted by Gasteiger charge is -2.09. The number of anilines is 1. The molecule has 0 radical (unpaired) electrons. The van der Waals surface area contributed by atoms with Crippen LogP contribution >= 0.6 is 11.8 Å². The number of rotatable bonds is 5. The van der Waals surface area contributed by atoms with Crippen molar-refractivity contribution in [3.8, 4) is 6.07 Å². The third-order valence-electron chi connectivity index (χ3n) is 2.13. The molecule has 0 saturated carbocycles. The van der Waals surface area contributed by atoms with E-state index in [1.807, 2.05) is 30.0 Å². The average Bonchev–Trinajstić information content (AvgIpc) is 2.26. The highest BCUT2D eigenvalue weighted by Crippen LogP contribution is 2.16. The molecule has 0 aromatic heterocycles. The highest BCUT2D eigenvalue weighted by atomic mass is 32.2. The van der Waals surface area contributed by atoms with Gasteiger partial charge in [-0.2, -0.15) is 17.0 Å². The Hall–Kier alpha value is -1.14. The molecule has 15 heavy (non-hydrogen) atoms. The minimum Gasteiger partial charge on any atom is -0.384 e. The first-order chi connectivity index (χ1) is 7.27. The van der Waals surface area contributed by atoms with E-state index in [0.717, 1.165) is 23.7 Å². The van der Waals surface area contributed by atoms with Gasteiger partial charge in [-0.15, -0.1) is 0 Å². The summed E-state index contributed by atoms with van der Waals surface area (Å²) in [5, 5.41) is 12.1. The Morgan fingerprint density at radius 2 is 2.27 bits per heavy atom. The Morgan fingerprint density at radius 1 is 1.47 bits per heavy atom. The van der Waals surface area contributed by atoms with Gasteiger partial charge in [0, 0.05) is 18.0 Å². The first kappa shape index (κ1) is 11.9. The molecule has 0 aliphatic rings. The number of hydrogen-bond acceptors (Lipinski definition) is 3. The van der Waals surface area contributed by atoms with E-state index in [-0.39, 0.29) is 0 Å². The summed E-state index contributed by atoms with van der Waals surface area (Å²) in [5.41, 5.74) is 2.98. The normalized spacial score (nSPS) is 9.67. The summed E-state index contributed by atoms with van der Waals surface area (Å²) in [4.78, 5) is 0. The van der Waals surface area contributed by atoms with Crippen LogP contribution in [0.2, 0.25) is 0 Å². The second kappa shape index (κ2) is 6.36. The molecule has 0 spiro atoms. The maximum atomic E-state index is 8.78. The summed E-state index contributed by atoms with van der Waals surface area (Å²) < 4.78 is 0. The van der Waals surface area contributed by atoms with Gasteiger partial charge >= 0.3 is 0 Å². The zero-order valence-electron chi connectivity index (χ0n) is 9.21. The number of nitrogens with one attached hydrogen (secondary N) is 1. The SMILES string of the molecule is CCSCCNc1cc(C#N)ccc1C. The molecule has 0 heterocycles. The van der Waals surface area contributed by atoms with E-state index in [1.54, 1.807) is 0 Å². The molecule has 0 saturated heterocycles. The molecule has 1 aromatic rings. The minimum atomic E-state index is 0.714. The molecule has 1 N–H and O–H groups in total. The van der Waals surface area contributed by atoms with E-state index in [9.17, 15) is 0 Å². The van der Waals surface area contributed by atoms with Crippen LogP contribution in [-0.4, -0.2) is 18.1 Å². The molecule has 0 aliphatic carbocycles. The summed E-state index contributed by atoms with van der Waals surface area (Å²) in [6, 6.07) is 7.89. The fraction of sp³-hybridized carbons (Fsp3) is 0.417. The van der Waals surface area contributed by atoms with Crippen molar-refractivity contribution in [1.29, 1.82) is 5.26 Å². The third kappa shape index (κ3) is 3.85. The van der Waals surface area contributed by atoms with Crippen molar-refractivity contribution >= 4 is 17.4 Å². The molecule has 0 atom stereocenters. The molecule has 0 fully saturated rings. The molecule has 2 nitrogen and oxygen atoms in total. The fourth-order valence-corrected chi connectivity index (χ4v) is 1.82. The summed E-state index contributed by atoms with van der Waals surface area (Å²) >= 11 is 1.92. The van der Waals surface area contributed by atoms with Gasteiger partial charge in [-0.3, -0.25) is 0 Å². The van der Waals surface area contributed by atoms with Crippen LogP contribution < -0.4 is 5.32 Å². The van der Waals surface area contributed by atoms with Crippen molar-refractivity contribution in [3.05, 3.63) is 29.3 Å². The Bertz CT molecular complexity index is 355. The van der Waals surface area contributed by atoms with Gasteiger partial charge in [0.1, 0.15) is 0 Å². The van der Waals surface area contributed by atoms with Gasteiger partial charge in [0.25, 0.3) is 0 Å². The van der Waals surface area contributed by atoms with Crippen LogP contribution in [0.15, 0.2) is 18.2 Å². The van der Waals surface area contributed by atoms with Gasteiger partial charge in [-0.1, -0.05) is 13.0 Å². The quantitative estimate of drug-likeness (QED) is 0.775. The molecule has 1 aromatic carbocycles. The predicted molar refractivity (Wildman–Crippen MR) is 67.4 cm³/mol. The van der Waals surface area contributed by atoms with Crippen LogP contribution in [-0.2, 0) is 0 Å². The van der Waals surface area contributed by atoms with Crippen molar-refractivity contribution in [1.82, 2.24) is 0 Å². The highest BCUT2D eigenvalue weighted by Gasteiger charge is 1.98. The summed E-state index contributed by atoms with van der Waals surface area (Å²) in [6.45, 7) is 5.16. The molecule has 0 unspecified atom stereocenters. The van der Waals surface area contributed by atoms with E-state index in [1.165, 1.54) is 5.56 Å². The molecule has 0 bridgehead atoms. The monoisotopic (exact) mass is 220 g/mol. The van der Waals surface area contributed by atoms with Crippen molar-refractivity contribution in [3.63, 3.8) is 0 Å². The average molecular weight is 220 g/mol. The molecule has 3 heteroatoms. The topological polar surface area (TPSA) is 35.8 Å². The summed E-state index contributed by atoms with van der Waals surface area (Å²) in [7, 11) is 0. The van der Waals surface area contributed by atoms with Crippen molar-refractivity contribution in [2.45, 2.75) is 13.8 Å². The van der Waals surface area contributed by atoms with Crippen LogP contribution in [0.3, 0.4) is 0 Å². The predicted octanol–water partition coefficient (Wildman–Crippen LogP) is 3.03. The largest absolute Gasteiger partial charge is 0.384 e. The van der Waals surface area contributed by atoms with Gasteiger partial charge in [0.2, 0.25) is 0 Å². The van der Waals surface area contributed by atoms with Crippen LogP contribution in [0.25, 0.3) is 0 Å². The van der Waals surface area contributed by atoms with Gasteiger partial charge in [-0.05, 0) is 30.4 Å². The van der Waals surface area contributed by atoms with E-state index in [2.05, 4.69) is 25.2 Å². The second-order valence-corrected chi connectivity index (χ2v) is 4.66. The molecule has 80 valence electrons. The number of aryl methyl sites for hydroxylation is 1. The Labute approximate surface area is 95.7 Å². The zero-order chi connectivity index (χ0) is 11.1. The van der Waals surface area contributed by atoms with E-state index >= 15 is 0 Å². The fourth-order valence-electron chi connectivity index (χ4n) is 1.28. The Balaban J connectivity index is 2.56. The summed E-state index contributed by atoms with van der Waals surface area (Å²) in [6.07, 6.45) is 0. The second-order valence-electron chi connectivity index (χ2n) is 3.27. The number of nitrogens with zero attached hydrogens (tertiary/aromatic N) is 1.